The fourth-order valence-corrected chi connectivity index (χ4v) is 2.60. The first-order chi connectivity index (χ1) is 12.2. The van der Waals surface area contributed by atoms with E-state index >= 15 is 0 Å². The van der Waals surface area contributed by atoms with Crippen molar-refractivity contribution in [2.75, 3.05) is 5.73 Å². The van der Waals surface area contributed by atoms with E-state index in [0.717, 1.165) is 16.7 Å². The molecule has 6 nitrogen and oxygen atoms in total. The van der Waals surface area contributed by atoms with Crippen LogP contribution in [0.5, 0.6) is 0 Å². The van der Waals surface area contributed by atoms with Crippen molar-refractivity contribution < 1.29 is 4.42 Å². The first kappa shape index (κ1) is 14.8. The van der Waals surface area contributed by atoms with Crippen molar-refractivity contribution >= 4 is 17.0 Å². The van der Waals surface area contributed by atoms with Crippen molar-refractivity contribution in [1.82, 2.24) is 15.0 Å². The van der Waals surface area contributed by atoms with E-state index in [2.05, 4.69) is 21.0 Å². The van der Waals surface area contributed by atoms with Gasteiger partial charge >= 0.3 is 0 Å². The molecule has 2 N–H and O–H groups in total. The lowest BCUT2D eigenvalue weighted by atomic mass is 10.0. The number of pyridine rings is 2. The highest BCUT2D eigenvalue weighted by atomic mass is 16.4. The predicted octanol–water partition coefficient (Wildman–Crippen LogP) is 3.60. The van der Waals surface area contributed by atoms with E-state index in [-0.39, 0.29) is 0 Å². The molecule has 1 aromatic carbocycles. The Morgan fingerprint density at radius 1 is 1.08 bits per heavy atom. The van der Waals surface area contributed by atoms with Gasteiger partial charge in [0.1, 0.15) is 11.3 Å². The molecule has 0 saturated heterocycles. The van der Waals surface area contributed by atoms with Crippen molar-refractivity contribution in [1.29, 1.82) is 5.26 Å². The molecule has 6 heteroatoms. The van der Waals surface area contributed by atoms with E-state index in [0.29, 0.717) is 34.9 Å². The Labute approximate surface area is 143 Å². The molecule has 3 aromatic heterocycles. The number of nitriles is 1. The molecule has 0 spiro atoms. The topological polar surface area (TPSA) is 102 Å². The number of benzene rings is 1. The van der Waals surface area contributed by atoms with Gasteiger partial charge in [-0.2, -0.15) is 5.26 Å². The van der Waals surface area contributed by atoms with Gasteiger partial charge in [0.25, 0.3) is 0 Å². The summed E-state index contributed by atoms with van der Waals surface area (Å²) in [7, 11) is 0. The molecule has 25 heavy (non-hydrogen) atoms. The SMILES string of the molecule is N#CCc1ccc(-c2cnc(N)c(-c3nc4cccnc4o3)c2)cc1. The molecular formula is C19H13N5O. The third-order valence-corrected chi connectivity index (χ3v) is 3.89. The molecule has 0 saturated carbocycles. The maximum absolute atomic E-state index is 8.76. The van der Waals surface area contributed by atoms with Crippen molar-refractivity contribution in [3.63, 3.8) is 0 Å². The predicted molar refractivity (Wildman–Crippen MR) is 94.2 cm³/mol. The second kappa shape index (κ2) is 6.06. The molecule has 0 aliphatic rings. The van der Waals surface area contributed by atoms with Crippen LogP contribution in [0.25, 0.3) is 33.8 Å². The van der Waals surface area contributed by atoms with E-state index in [1.807, 2.05) is 36.4 Å². The molecule has 0 atom stereocenters. The summed E-state index contributed by atoms with van der Waals surface area (Å²) in [5.41, 5.74) is 10.6. The normalized spacial score (nSPS) is 10.7. The van der Waals surface area contributed by atoms with Crippen molar-refractivity contribution in [3.8, 4) is 28.7 Å². The minimum atomic E-state index is 0.344. The van der Waals surface area contributed by atoms with Crippen LogP contribution in [0.2, 0.25) is 0 Å². The molecule has 0 aliphatic heterocycles. The summed E-state index contributed by atoms with van der Waals surface area (Å²) >= 11 is 0. The number of fused-ring (bicyclic) bond motifs is 1. The molecule has 0 fully saturated rings. The van der Waals surface area contributed by atoms with Gasteiger partial charge in [0.2, 0.25) is 11.6 Å². The molecule has 0 bridgehead atoms. The number of nitrogens with zero attached hydrogens (tertiary/aromatic N) is 4. The lowest BCUT2D eigenvalue weighted by Crippen LogP contribution is -1.95. The third kappa shape index (κ3) is 2.79. The van der Waals surface area contributed by atoms with E-state index < -0.39 is 0 Å². The number of hydrogen-bond donors (Lipinski definition) is 1. The summed E-state index contributed by atoms with van der Waals surface area (Å²) in [5, 5.41) is 8.76. The number of anilines is 1. The van der Waals surface area contributed by atoms with Gasteiger partial charge in [0.15, 0.2) is 0 Å². The van der Waals surface area contributed by atoms with Gasteiger partial charge < -0.3 is 10.2 Å². The highest BCUT2D eigenvalue weighted by molar-refractivity contribution is 5.79. The van der Waals surface area contributed by atoms with E-state index in [9.17, 15) is 0 Å². The van der Waals surface area contributed by atoms with Gasteiger partial charge in [-0.15, -0.1) is 0 Å². The summed E-state index contributed by atoms with van der Waals surface area (Å²) in [6, 6.07) is 15.4. The number of nitrogen functional groups attached to an aromatic ring is 1. The van der Waals surface area contributed by atoms with Crippen LogP contribution in [0.1, 0.15) is 5.56 Å². The van der Waals surface area contributed by atoms with Gasteiger partial charge in [0, 0.05) is 18.0 Å². The van der Waals surface area contributed by atoms with Gasteiger partial charge in [-0.05, 0) is 29.3 Å². The Kier molecular flexibility index (Phi) is 3.60. The molecule has 4 rings (SSSR count). The second-order valence-corrected chi connectivity index (χ2v) is 5.54. The molecule has 0 unspecified atom stereocenters. The van der Waals surface area contributed by atoms with Crippen molar-refractivity contribution in [2.45, 2.75) is 6.42 Å². The van der Waals surface area contributed by atoms with Crippen LogP contribution >= 0.6 is 0 Å². The van der Waals surface area contributed by atoms with Crippen molar-refractivity contribution in [3.05, 3.63) is 60.4 Å². The lowest BCUT2D eigenvalue weighted by Gasteiger charge is -2.06. The van der Waals surface area contributed by atoms with Gasteiger partial charge in [0.05, 0.1) is 18.1 Å². The standard InChI is InChI=1S/C19H13N5O/c20-8-7-12-3-5-13(6-4-12)14-10-15(17(21)23-11-14)18-24-16-2-1-9-22-19(16)25-18/h1-6,9-11H,7H2,(H2,21,23). The van der Waals surface area contributed by atoms with Crippen LogP contribution in [0.4, 0.5) is 5.82 Å². The maximum Gasteiger partial charge on any atom is 0.247 e. The molecule has 0 radical (unpaired) electrons. The molecule has 3 heterocycles. The summed E-state index contributed by atoms with van der Waals surface area (Å²) < 4.78 is 5.70. The zero-order chi connectivity index (χ0) is 17.2. The Morgan fingerprint density at radius 3 is 2.68 bits per heavy atom. The van der Waals surface area contributed by atoms with Gasteiger partial charge in [-0.1, -0.05) is 24.3 Å². The van der Waals surface area contributed by atoms with Crippen LogP contribution in [0.15, 0.2) is 59.3 Å². The zero-order valence-electron chi connectivity index (χ0n) is 13.2. The Balaban J connectivity index is 1.77. The van der Waals surface area contributed by atoms with Crippen LogP contribution in [-0.4, -0.2) is 15.0 Å². The number of rotatable bonds is 3. The number of nitrogens with two attached hydrogens (primary N) is 1. The van der Waals surface area contributed by atoms with Crippen LogP contribution in [0, 0.1) is 11.3 Å². The summed E-state index contributed by atoms with van der Waals surface area (Å²) in [4.78, 5) is 12.8. The van der Waals surface area contributed by atoms with E-state index in [1.54, 1.807) is 18.5 Å². The van der Waals surface area contributed by atoms with E-state index in [1.165, 1.54) is 0 Å². The van der Waals surface area contributed by atoms with Crippen LogP contribution < -0.4 is 5.73 Å². The maximum atomic E-state index is 8.76. The summed E-state index contributed by atoms with van der Waals surface area (Å²) in [6.07, 6.45) is 3.75. The van der Waals surface area contributed by atoms with Crippen LogP contribution in [-0.2, 0) is 6.42 Å². The largest absolute Gasteiger partial charge is 0.418 e. The quantitative estimate of drug-likeness (QED) is 0.617. The first-order valence-corrected chi connectivity index (χ1v) is 7.68. The van der Waals surface area contributed by atoms with Crippen molar-refractivity contribution in [2.24, 2.45) is 0 Å². The Bertz CT molecular complexity index is 1060. The minimum Gasteiger partial charge on any atom is -0.418 e. The average Bonchev–Trinajstić information content (AvgIpc) is 3.07. The van der Waals surface area contributed by atoms with Gasteiger partial charge in [-0.3, -0.25) is 0 Å². The zero-order valence-corrected chi connectivity index (χ0v) is 13.2. The molecule has 4 aromatic rings. The van der Waals surface area contributed by atoms with Gasteiger partial charge in [-0.25, -0.2) is 15.0 Å². The third-order valence-electron chi connectivity index (χ3n) is 3.89. The number of aromatic nitrogens is 3. The second-order valence-electron chi connectivity index (χ2n) is 5.54. The summed E-state index contributed by atoms with van der Waals surface area (Å²) in [6.45, 7) is 0. The summed E-state index contributed by atoms with van der Waals surface area (Å²) in [5.74, 6) is 0.734. The fourth-order valence-electron chi connectivity index (χ4n) is 2.60. The monoisotopic (exact) mass is 327 g/mol. The molecule has 120 valence electrons. The Morgan fingerprint density at radius 2 is 1.92 bits per heavy atom. The average molecular weight is 327 g/mol. The molecule has 0 aliphatic carbocycles. The highest BCUT2D eigenvalue weighted by Gasteiger charge is 2.14. The number of hydrogen-bond acceptors (Lipinski definition) is 6. The molecule has 0 amide bonds. The fraction of sp³-hybridized carbons (Fsp3) is 0.0526. The van der Waals surface area contributed by atoms with Crippen LogP contribution in [0.3, 0.4) is 0 Å². The smallest absolute Gasteiger partial charge is 0.247 e. The first-order valence-electron chi connectivity index (χ1n) is 7.68. The molecular weight excluding hydrogens is 314 g/mol. The highest BCUT2D eigenvalue weighted by Crippen LogP contribution is 2.30. The lowest BCUT2D eigenvalue weighted by molar-refractivity contribution is 0.608. The Hall–Kier alpha value is -3.72. The van der Waals surface area contributed by atoms with E-state index in [4.69, 9.17) is 15.4 Å². The number of oxazole rings is 1. The minimum absolute atomic E-state index is 0.344.